The Labute approximate surface area is 140 Å². The number of aliphatic imine (C=N–C) groups is 1. The molecule has 3 aromatic rings. The van der Waals surface area contributed by atoms with Gasteiger partial charge in [0.15, 0.2) is 12.1 Å². The van der Waals surface area contributed by atoms with Gasteiger partial charge in [-0.2, -0.15) is 0 Å². The first-order chi connectivity index (χ1) is 11.7. The molecule has 6 heteroatoms. The average molecular weight is 321 g/mol. The molecule has 0 fully saturated rings. The number of aryl methyl sites for hydroxylation is 1. The third-order valence-corrected chi connectivity index (χ3v) is 4.35. The second-order valence-corrected chi connectivity index (χ2v) is 5.73. The lowest BCUT2D eigenvalue weighted by atomic mass is 10.0. The average Bonchev–Trinajstić information content (AvgIpc) is 2.98. The van der Waals surface area contributed by atoms with E-state index in [0.717, 1.165) is 28.8 Å². The summed E-state index contributed by atoms with van der Waals surface area (Å²) in [5.74, 6) is 1.93. The maximum Gasteiger partial charge on any atom is 0.212 e. The number of methoxy groups -OCH3 is 1. The molecule has 1 aromatic heterocycles. The number of hydrogen-bond donors (Lipinski definition) is 2. The summed E-state index contributed by atoms with van der Waals surface area (Å²) < 4.78 is 7.44. The lowest BCUT2D eigenvalue weighted by Crippen LogP contribution is -2.31. The van der Waals surface area contributed by atoms with E-state index < -0.39 is 0 Å². The summed E-state index contributed by atoms with van der Waals surface area (Å²) in [6.45, 7) is 2.12. The zero-order chi connectivity index (χ0) is 16.7. The number of fused-ring (bicyclic) bond motifs is 3. The van der Waals surface area contributed by atoms with Crippen LogP contribution in [0, 0.1) is 0 Å². The largest absolute Gasteiger partial charge is 0.497 e. The number of imidazole rings is 1. The van der Waals surface area contributed by atoms with Crippen molar-refractivity contribution in [1.82, 2.24) is 9.55 Å². The Morgan fingerprint density at radius 2 is 2.08 bits per heavy atom. The molecule has 0 spiro atoms. The van der Waals surface area contributed by atoms with Crippen LogP contribution in [0.1, 0.15) is 24.2 Å². The molecule has 1 unspecified atom stereocenters. The molecular formula is C18H19N5O. The van der Waals surface area contributed by atoms with Gasteiger partial charge < -0.3 is 10.5 Å². The standard InChI is InChI=1S/C18H19N5O/c1-3-11-10-12(24-2)8-9-13(11)16-21-17(19)22-18-20-14-6-4-5-7-15(14)23(16)18/h4-10,16H,3H2,1-2H3,(H3,19,20,21,22). The zero-order valence-electron chi connectivity index (χ0n) is 13.7. The number of anilines is 1. The van der Waals surface area contributed by atoms with Crippen LogP contribution in [0.3, 0.4) is 0 Å². The highest BCUT2D eigenvalue weighted by Gasteiger charge is 2.26. The van der Waals surface area contributed by atoms with Crippen molar-refractivity contribution in [2.24, 2.45) is 10.7 Å². The summed E-state index contributed by atoms with van der Waals surface area (Å²) in [7, 11) is 1.68. The summed E-state index contributed by atoms with van der Waals surface area (Å²) >= 11 is 0. The van der Waals surface area contributed by atoms with Gasteiger partial charge in [0.2, 0.25) is 5.95 Å². The predicted molar refractivity (Wildman–Crippen MR) is 95.5 cm³/mol. The minimum Gasteiger partial charge on any atom is -0.497 e. The van der Waals surface area contributed by atoms with E-state index in [1.807, 2.05) is 30.3 Å². The summed E-state index contributed by atoms with van der Waals surface area (Å²) in [4.78, 5) is 9.28. The third kappa shape index (κ3) is 2.19. The second-order valence-electron chi connectivity index (χ2n) is 5.73. The highest BCUT2D eigenvalue weighted by molar-refractivity contribution is 5.94. The van der Waals surface area contributed by atoms with Gasteiger partial charge >= 0.3 is 0 Å². The number of para-hydroxylation sites is 2. The van der Waals surface area contributed by atoms with Gasteiger partial charge in [0.1, 0.15) is 5.75 Å². The van der Waals surface area contributed by atoms with Gasteiger partial charge in [-0.15, -0.1) is 0 Å². The first-order valence-electron chi connectivity index (χ1n) is 7.95. The normalized spacial score (nSPS) is 16.4. The second kappa shape index (κ2) is 5.56. The van der Waals surface area contributed by atoms with Crippen molar-refractivity contribution in [2.75, 3.05) is 12.4 Å². The first kappa shape index (κ1) is 14.6. The Kier molecular flexibility index (Phi) is 3.37. The number of aromatic nitrogens is 2. The molecule has 1 aliphatic heterocycles. The lowest BCUT2D eigenvalue weighted by Gasteiger charge is -2.25. The minimum atomic E-state index is -0.241. The molecule has 2 heterocycles. The maximum atomic E-state index is 6.01. The number of benzene rings is 2. The van der Waals surface area contributed by atoms with Crippen LogP contribution < -0.4 is 15.8 Å². The molecule has 2 aromatic carbocycles. The van der Waals surface area contributed by atoms with E-state index in [4.69, 9.17) is 10.5 Å². The van der Waals surface area contributed by atoms with Crippen LogP contribution in [0.4, 0.5) is 5.95 Å². The van der Waals surface area contributed by atoms with E-state index in [2.05, 4.69) is 38.9 Å². The van der Waals surface area contributed by atoms with Crippen LogP contribution in [-0.2, 0) is 6.42 Å². The first-order valence-corrected chi connectivity index (χ1v) is 7.95. The number of hydrogen-bond acceptors (Lipinski definition) is 5. The topological polar surface area (TPSA) is 77.5 Å². The molecule has 1 aliphatic rings. The summed E-state index contributed by atoms with van der Waals surface area (Å²) in [5.41, 5.74) is 10.2. The molecule has 3 N–H and O–H groups in total. The Balaban J connectivity index is 1.94. The van der Waals surface area contributed by atoms with Crippen molar-refractivity contribution in [3.63, 3.8) is 0 Å². The fourth-order valence-electron chi connectivity index (χ4n) is 3.19. The fraction of sp³-hybridized carbons (Fsp3) is 0.222. The van der Waals surface area contributed by atoms with Crippen LogP contribution in [0.5, 0.6) is 5.75 Å². The number of rotatable bonds is 3. The third-order valence-electron chi connectivity index (χ3n) is 4.35. The number of guanidine groups is 1. The fourth-order valence-corrected chi connectivity index (χ4v) is 3.19. The Morgan fingerprint density at radius 3 is 2.88 bits per heavy atom. The van der Waals surface area contributed by atoms with Crippen LogP contribution in [0.15, 0.2) is 47.5 Å². The summed E-state index contributed by atoms with van der Waals surface area (Å²) in [6.07, 6.45) is 0.642. The van der Waals surface area contributed by atoms with Crippen LogP contribution >= 0.6 is 0 Å². The molecule has 0 saturated carbocycles. The monoisotopic (exact) mass is 321 g/mol. The van der Waals surface area contributed by atoms with Crippen molar-refractivity contribution in [2.45, 2.75) is 19.5 Å². The lowest BCUT2D eigenvalue weighted by molar-refractivity contribution is 0.414. The van der Waals surface area contributed by atoms with Crippen LogP contribution in [-0.4, -0.2) is 22.6 Å². The van der Waals surface area contributed by atoms with Crippen molar-refractivity contribution in [3.05, 3.63) is 53.6 Å². The van der Waals surface area contributed by atoms with Crippen molar-refractivity contribution in [3.8, 4) is 5.75 Å². The Hall–Kier alpha value is -3.02. The van der Waals surface area contributed by atoms with Crippen molar-refractivity contribution < 1.29 is 4.74 Å². The van der Waals surface area contributed by atoms with E-state index in [9.17, 15) is 0 Å². The van der Waals surface area contributed by atoms with Gasteiger partial charge in [-0.05, 0) is 36.2 Å². The van der Waals surface area contributed by atoms with Gasteiger partial charge in [0.25, 0.3) is 0 Å². The number of nitrogens with zero attached hydrogens (tertiary/aromatic N) is 3. The van der Waals surface area contributed by atoms with Gasteiger partial charge in [0.05, 0.1) is 18.1 Å². The van der Waals surface area contributed by atoms with E-state index in [1.165, 1.54) is 5.56 Å². The highest BCUT2D eigenvalue weighted by atomic mass is 16.5. The summed E-state index contributed by atoms with van der Waals surface area (Å²) in [6, 6.07) is 14.1. The SMILES string of the molecule is CCc1cc(OC)ccc1C1N=C(N)Nc2nc3ccccc3n21. The molecule has 1 atom stereocenters. The quantitative estimate of drug-likeness (QED) is 0.777. The smallest absolute Gasteiger partial charge is 0.212 e. The zero-order valence-corrected chi connectivity index (χ0v) is 13.7. The molecular weight excluding hydrogens is 302 g/mol. The van der Waals surface area contributed by atoms with E-state index in [1.54, 1.807) is 7.11 Å². The molecule has 122 valence electrons. The van der Waals surface area contributed by atoms with Gasteiger partial charge in [0, 0.05) is 5.56 Å². The van der Waals surface area contributed by atoms with E-state index in [-0.39, 0.29) is 6.17 Å². The predicted octanol–water partition coefficient (Wildman–Crippen LogP) is 2.89. The summed E-state index contributed by atoms with van der Waals surface area (Å²) in [5, 5.41) is 3.06. The number of nitrogens with two attached hydrogens (primary N) is 1. The highest BCUT2D eigenvalue weighted by Crippen LogP contribution is 2.34. The van der Waals surface area contributed by atoms with Crippen LogP contribution in [0.2, 0.25) is 0 Å². The molecule has 0 radical (unpaired) electrons. The van der Waals surface area contributed by atoms with Crippen LogP contribution in [0.25, 0.3) is 11.0 Å². The Morgan fingerprint density at radius 1 is 1.25 bits per heavy atom. The molecule has 6 nitrogen and oxygen atoms in total. The van der Waals surface area contributed by atoms with Gasteiger partial charge in [-0.1, -0.05) is 25.1 Å². The maximum absolute atomic E-state index is 6.01. The molecule has 0 saturated heterocycles. The number of nitrogens with one attached hydrogen (secondary N) is 1. The molecule has 24 heavy (non-hydrogen) atoms. The molecule has 0 aliphatic carbocycles. The van der Waals surface area contributed by atoms with E-state index >= 15 is 0 Å². The van der Waals surface area contributed by atoms with Gasteiger partial charge in [-0.25, -0.2) is 9.98 Å². The molecule has 4 rings (SSSR count). The van der Waals surface area contributed by atoms with Crippen molar-refractivity contribution >= 4 is 22.9 Å². The molecule has 0 bridgehead atoms. The minimum absolute atomic E-state index is 0.241. The Bertz CT molecular complexity index is 944. The van der Waals surface area contributed by atoms with Crippen molar-refractivity contribution in [1.29, 1.82) is 0 Å². The molecule has 0 amide bonds. The number of ether oxygens (including phenoxy) is 1. The van der Waals surface area contributed by atoms with E-state index in [0.29, 0.717) is 11.9 Å². The van der Waals surface area contributed by atoms with Gasteiger partial charge in [-0.3, -0.25) is 9.88 Å².